The van der Waals surface area contributed by atoms with Crippen LogP contribution in [-0.2, 0) is 4.79 Å². The first kappa shape index (κ1) is 49.8. The molecule has 0 saturated carbocycles. The van der Waals surface area contributed by atoms with Gasteiger partial charge in [-0.05, 0) is 64.2 Å². The van der Waals surface area contributed by atoms with E-state index in [1.54, 1.807) is 0 Å². The maximum Gasteiger partial charge on any atom is 0.220 e. The molecule has 0 aliphatic carbocycles. The molecule has 3 unspecified atom stereocenters. The fraction of sp³-hybridized carbons (Fsp3) is 0.891. The molecule has 0 radical (unpaired) electrons. The number of amides is 1. The van der Waals surface area contributed by atoms with E-state index in [1.165, 1.54) is 173 Å². The number of hydrogen-bond donors (Lipinski definition) is 4. The summed E-state index contributed by atoms with van der Waals surface area (Å²) in [6, 6.07) is -0.826. The number of nitrogens with one attached hydrogen (secondary N) is 1. The van der Waals surface area contributed by atoms with Crippen molar-refractivity contribution < 1.29 is 20.1 Å². The van der Waals surface area contributed by atoms with Gasteiger partial charge in [0.15, 0.2) is 0 Å². The number of rotatable bonds is 41. The van der Waals surface area contributed by atoms with Crippen LogP contribution in [0.4, 0.5) is 0 Å². The zero-order valence-electron chi connectivity index (χ0n) is 34.2. The Bertz CT molecular complexity index is 754. The first-order valence-corrected chi connectivity index (χ1v) is 22.6. The normalized spacial score (nSPS) is 13.7. The van der Waals surface area contributed by atoms with Crippen LogP contribution in [0.1, 0.15) is 239 Å². The summed E-state index contributed by atoms with van der Waals surface area (Å²) in [7, 11) is 0. The third-order valence-corrected chi connectivity index (χ3v) is 10.5. The van der Waals surface area contributed by atoms with Gasteiger partial charge in [0.1, 0.15) is 6.10 Å². The molecule has 4 N–H and O–H groups in total. The highest BCUT2D eigenvalue weighted by Gasteiger charge is 2.26. The Morgan fingerprint density at radius 1 is 0.471 bits per heavy atom. The molecule has 0 aliphatic heterocycles. The average Bonchev–Trinajstić information content (AvgIpc) is 3.13. The Labute approximate surface area is 318 Å². The minimum absolute atomic E-state index is 0.158. The third kappa shape index (κ3) is 37.0. The van der Waals surface area contributed by atoms with E-state index in [2.05, 4.69) is 43.5 Å². The van der Waals surface area contributed by atoms with Crippen LogP contribution < -0.4 is 5.32 Å². The summed E-state index contributed by atoms with van der Waals surface area (Å²) in [5.41, 5.74) is 0. The van der Waals surface area contributed by atoms with Crippen LogP contribution in [-0.4, -0.2) is 46.1 Å². The van der Waals surface area contributed by atoms with Gasteiger partial charge in [0, 0.05) is 6.42 Å². The summed E-state index contributed by atoms with van der Waals surface area (Å²) in [5, 5.41) is 33.5. The van der Waals surface area contributed by atoms with Gasteiger partial charge in [-0.3, -0.25) is 4.79 Å². The second-order valence-corrected chi connectivity index (χ2v) is 15.6. The largest absolute Gasteiger partial charge is 0.394 e. The predicted octanol–water partition coefficient (Wildman–Crippen LogP) is 13.0. The summed E-state index contributed by atoms with van der Waals surface area (Å²) < 4.78 is 0. The quantitative estimate of drug-likeness (QED) is 0.0374. The first-order valence-electron chi connectivity index (χ1n) is 22.6. The van der Waals surface area contributed by atoms with Crippen molar-refractivity contribution in [1.29, 1.82) is 0 Å². The molecule has 0 aromatic rings. The predicted molar refractivity (Wildman–Crippen MR) is 222 cm³/mol. The highest BCUT2D eigenvalue weighted by molar-refractivity contribution is 5.76. The van der Waals surface area contributed by atoms with Crippen molar-refractivity contribution in [2.45, 2.75) is 257 Å². The zero-order chi connectivity index (χ0) is 37.3. The van der Waals surface area contributed by atoms with Crippen LogP contribution in [0.25, 0.3) is 0 Å². The van der Waals surface area contributed by atoms with E-state index in [-0.39, 0.29) is 12.5 Å². The lowest BCUT2D eigenvalue weighted by atomic mass is 10.0. The van der Waals surface area contributed by atoms with Crippen molar-refractivity contribution in [3.05, 3.63) is 24.3 Å². The van der Waals surface area contributed by atoms with Crippen LogP contribution in [0.15, 0.2) is 24.3 Å². The van der Waals surface area contributed by atoms with Crippen LogP contribution in [0, 0.1) is 0 Å². The third-order valence-electron chi connectivity index (χ3n) is 10.5. The van der Waals surface area contributed by atoms with E-state index in [0.717, 1.165) is 38.5 Å². The van der Waals surface area contributed by atoms with E-state index in [1.807, 2.05) is 0 Å². The molecule has 0 aliphatic rings. The minimum Gasteiger partial charge on any atom is -0.394 e. The van der Waals surface area contributed by atoms with E-state index < -0.39 is 18.2 Å². The Morgan fingerprint density at radius 2 is 0.784 bits per heavy atom. The summed E-state index contributed by atoms with van der Waals surface area (Å²) >= 11 is 0. The molecule has 302 valence electrons. The van der Waals surface area contributed by atoms with Crippen molar-refractivity contribution in [3.8, 4) is 0 Å². The van der Waals surface area contributed by atoms with Gasteiger partial charge in [-0.2, -0.15) is 0 Å². The Hall–Kier alpha value is -1.17. The highest BCUT2D eigenvalue weighted by atomic mass is 16.3. The lowest BCUT2D eigenvalue weighted by Crippen LogP contribution is -2.50. The minimum atomic E-state index is -1.16. The van der Waals surface area contributed by atoms with Crippen LogP contribution >= 0.6 is 0 Å². The molecule has 5 nitrogen and oxygen atoms in total. The zero-order valence-corrected chi connectivity index (χ0v) is 34.2. The molecular formula is C46H89NO4. The number of carbonyl (C=O) groups excluding carboxylic acids is 1. The van der Waals surface area contributed by atoms with Crippen molar-refractivity contribution in [1.82, 2.24) is 5.32 Å². The van der Waals surface area contributed by atoms with E-state index >= 15 is 0 Å². The van der Waals surface area contributed by atoms with Gasteiger partial charge in [-0.15, -0.1) is 0 Å². The maximum atomic E-state index is 12.4. The standard InChI is InChI=1S/C46H89NO4/c1-3-5-7-9-11-13-15-17-19-21-22-23-25-26-28-30-32-34-36-38-40-44(49)46(51)43(42-48)47-45(50)41-39-37-35-33-31-29-27-24-20-18-16-14-12-10-8-6-4-2/h18,20,32,34,43-44,46,48-49,51H,3-17,19,21-31,33,35-42H2,1-2H3,(H,47,50)/b20-18-,34-32+. The lowest BCUT2D eigenvalue weighted by molar-refractivity contribution is -0.124. The summed E-state index contributed by atoms with van der Waals surface area (Å²) in [4.78, 5) is 12.4. The van der Waals surface area contributed by atoms with Gasteiger partial charge in [-0.1, -0.05) is 192 Å². The summed E-state index contributed by atoms with van der Waals surface area (Å²) in [6.45, 7) is 4.17. The van der Waals surface area contributed by atoms with Gasteiger partial charge >= 0.3 is 0 Å². The monoisotopic (exact) mass is 720 g/mol. The van der Waals surface area contributed by atoms with Crippen LogP contribution in [0.5, 0.6) is 0 Å². The molecule has 51 heavy (non-hydrogen) atoms. The molecule has 0 aromatic heterocycles. The topological polar surface area (TPSA) is 89.8 Å². The molecule has 0 bridgehead atoms. The lowest BCUT2D eigenvalue weighted by Gasteiger charge is -2.26. The number of carbonyl (C=O) groups is 1. The number of hydrogen-bond acceptors (Lipinski definition) is 4. The number of aliphatic hydroxyl groups is 3. The van der Waals surface area contributed by atoms with Gasteiger partial charge in [0.25, 0.3) is 0 Å². The smallest absolute Gasteiger partial charge is 0.220 e. The van der Waals surface area contributed by atoms with Crippen LogP contribution in [0.2, 0.25) is 0 Å². The SMILES string of the molecule is CCCCCCCC/C=C\CCCCCCCCCC(=O)NC(CO)C(O)C(O)CCC/C=C/CCCCCCCCCCCCCCCCC. The molecule has 0 spiro atoms. The Balaban J connectivity index is 3.65. The van der Waals surface area contributed by atoms with Crippen LogP contribution in [0.3, 0.4) is 0 Å². The fourth-order valence-electron chi connectivity index (χ4n) is 6.98. The second kappa shape index (κ2) is 41.6. The molecule has 0 aromatic carbocycles. The van der Waals surface area contributed by atoms with Crippen molar-refractivity contribution >= 4 is 5.91 Å². The molecule has 0 rings (SSSR count). The summed E-state index contributed by atoms with van der Waals surface area (Å²) in [6.07, 6.45) is 50.0. The van der Waals surface area contributed by atoms with E-state index in [9.17, 15) is 20.1 Å². The van der Waals surface area contributed by atoms with Gasteiger partial charge in [0.2, 0.25) is 5.91 Å². The molecule has 0 fully saturated rings. The molecule has 3 atom stereocenters. The molecular weight excluding hydrogens is 631 g/mol. The molecule has 5 heteroatoms. The van der Waals surface area contributed by atoms with Crippen molar-refractivity contribution in [2.24, 2.45) is 0 Å². The highest BCUT2D eigenvalue weighted by Crippen LogP contribution is 2.15. The van der Waals surface area contributed by atoms with Crippen molar-refractivity contribution in [3.63, 3.8) is 0 Å². The second-order valence-electron chi connectivity index (χ2n) is 15.6. The van der Waals surface area contributed by atoms with E-state index in [0.29, 0.717) is 12.8 Å². The number of allylic oxidation sites excluding steroid dienone is 4. The number of aliphatic hydroxyl groups excluding tert-OH is 3. The molecule has 0 heterocycles. The summed E-state index contributed by atoms with van der Waals surface area (Å²) in [5.74, 6) is -0.158. The Morgan fingerprint density at radius 3 is 1.14 bits per heavy atom. The van der Waals surface area contributed by atoms with E-state index in [4.69, 9.17) is 0 Å². The molecule has 1 amide bonds. The number of unbranched alkanes of at least 4 members (excludes halogenated alkanes) is 29. The maximum absolute atomic E-state index is 12.4. The van der Waals surface area contributed by atoms with Gasteiger partial charge in [-0.25, -0.2) is 0 Å². The average molecular weight is 720 g/mol. The van der Waals surface area contributed by atoms with Gasteiger partial charge in [0.05, 0.1) is 18.8 Å². The fourth-order valence-corrected chi connectivity index (χ4v) is 6.98. The van der Waals surface area contributed by atoms with Crippen molar-refractivity contribution in [2.75, 3.05) is 6.61 Å². The first-order chi connectivity index (χ1) is 25.1. The van der Waals surface area contributed by atoms with Gasteiger partial charge < -0.3 is 20.6 Å². The molecule has 0 saturated heterocycles. The Kier molecular flexibility index (Phi) is 40.6.